The summed E-state index contributed by atoms with van der Waals surface area (Å²) in [5.74, 6) is -0.987. The fourth-order valence-electron chi connectivity index (χ4n) is 1.87. The van der Waals surface area contributed by atoms with Gasteiger partial charge in [-0.05, 0) is 24.6 Å². The van der Waals surface area contributed by atoms with E-state index in [2.05, 4.69) is 0 Å². The zero-order valence-corrected chi connectivity index (χ0v) is 12.0. The van der Waals surface area contributed by atoms with Crippen molar-refractivity contribution < 1.29 is 27.8 Å². The van der Waals surface area contributed by atoms with Crippen molar-refractivity contribution in [3.05, 3.63) is 23.8 Å². The van der Waals surface area contributed by atoms with E-state index in [9.17, 15) is 13.2 Å². The van der Waals surface area contributed by atoms with Crippen molar-refractivity contribution in [2.45, 2.75) is 11.3 Å². The van der Waals surface area contributed by atoms with Crippen LogP contribution in [0, 0.1) is 5.92 Å². The summed E-state index contributed by atoms with van der Waals surface area (Å²) in [5, 5.41) is 8.87. The Morgan fingerprint density at radius 1 is 1.50 bits per heavy atom. The van der Waals surface area contributed by atoms with E-state index in [1.807, 2.05) is 0 Å². The van der Waals surface area contributed by atoms with E-state index in [0.717, 1.165) is 12.5 Å². The van der Waals surface area contributed by atoms with Crippen LogP contribution in [0.3, 0.4) is 0 Å². The van der Waals surface area contributed by atoms with Crippen molar-refractivity contribution in [3.8, 4) is 5.75 Å². The maximum atomic E-state index is 11.5. The molecular formula is C12H13ClO6S. The summed E-state index contributed by atoms with van der Waals surface area (Å²) in [6, 6.07) is 3.56. The second-order valence-corrected chi connectivity index (χ2v) is 6.98. The van der Waals surface area contributed by atoms with Gasteiger partial charge in [0, 0.05) is 23.2 Å². The first-order chi connectivity index (χ1) is 9.38. The summed E-state index contributed by atoms with van der Waals surface area (Å²) in [6.07, 6.45) is 0.843. The van der Waals surface area contributed by atoms with Crippen LogP contribution in [0.4, 0.5) is 0 Å². The lowest BCUT2D eigenvalue weighted by Crippen LogP contribution is -2.13. The topological polar surface area (TPSA) is 89.9 Å². The van der Waals surface area contributed by atoms with Crippen molar-refractivity contribution in [1.82, 2.24) is 0 Å². The number of carboxylic acids is 1. The summed E-state index contributed by atoms with van der Waals surface area (Å²) < 4.78 is 33.6. The first-order valence-electron chi connectivity index (χ1n) is 5.90. The molecule has 0 spiro atoms. The van der Waals surface area contributed by atoms with Crippen LogP contribution >= 0.6 is 10.7 Å². The minimum Gasteiger partial charge on any atom is -0.492 e. The standard InChI is InChI=1S/C12H13ClO6S/c13-20(16,17)11-5-9(12(14)15)1-2-10(11)19-7-8-3-4-18-6-8/h1-2,5,8H,3-4,6-7H2,(H,14,15). The van der Waals surface area contributed by atoms with E-state index < -0.39 is 15.0 Å². The molecule has 1 saturated heterocycles. The average molecular weight is 321 g/mol. The number of carboxylic acid groups (broad SMARTS) is 1. The molecule has 1 aromatic carbocycles. The summed E-state index contributed by atoms with van der Waals surface area (Å²) in [6.45, 7) is 1.52. The van der Waals surface area contributed by atoms with Crippen LogP contribution in [0.2, 0.25) is 0 Å². The molecule has 0 bridgehead atoms. The van der Waals surface area contributed by atoms with E-state index in [0.29, 0.717) is 19.8 Å². The third kappa shape index (κ3) is 3.62. The molecule has 1 atom stereocenters. The molecule has 8 heteroatoms. The quantitative estimate of drug-likeness (QED) is 0.831. The van der Waals surface area contributed by atoms with Gasteiger partial charge in [-0.15, -0.1) is 0 Å². The average Bonchev–Trinajstić information content (AvgIpc) is 2.88. The number of hydrogen-bond donors (Lipinski definition) is 1. The van der Waals surface area contributed by atoms with Gasteiger partial charge < -0.3 is 14.6 Å². The number of rotatable bonds is 5. The number of hydrogen-bond acceptors (Lipinski definition) is 5. The van der Waals surface area contributed by atoms with E-state index in [1.165, 1.54) is 12.1 Å². The molecule has 0 amide bonds. The SMILES string of the molecule is O=C(O)c1ccc(OCC2CCOC2)c(S(=O)(=O)Cl)c1. The highest BCUT2D eigenvalue weighted by atomic mass is 35.7. The molecule has 2 rings (SSSR count). The van der Waals surface area contributed by atoms with Crippen molar-refractivity contribution >= 4 is 25.7 Å². The van der Waals surface area contributed by atoms with Gasteiger partial charge in [0.25, 0.3) is 9.05 Å². The van der Waals surface area contributed by atoms with Crippen LogP contribution in [-0.4, -0.2) is 39.3 Å². The number of aromatic carboxylic acids is 1. The highest BCUT2D eigenvalue weighted by molar-refractivity contribution is 8.13. The lowest BCUT2D eigenvalue weighted by molar-refractivity contribution is 0.0696. The van der Waals surface area contributed by atoms with Crippen LogP contribution < -0.4 is 4.74 Å². The molecule has 0 aliphatic carbocycles. The van der Waals surface area contributed by atoms with Crippen molar-refractivity contribution in [2.24, 2.45) is 5.92 Å². The van der Waals surface area contributed by atoms with Gasteiger partial charge in [0.1, 0.15) is 10.6 Å². The lowest BCUT2D eigenvalue weighted by atomic mass is 10.1. The number of halogens is 1. The molecular weight excluding hydrogens is 308 g/mol. The predicted molar refractivity (Wildman–Crippen MR) is 70.9 cm³/mol. The van der Waals surface area contributed by atoms with E-state index in [1.54, 1.807) is 0 Å². The minimum atomic E-state index is -4.08. The molecule has 0 aromatic heterocycles. The number of carbonyl (C=O) groups is 1. The van der Waals surface area contributed by atoms with Gasteiger partial charge in [0.2, 0.25) is 0 Å². The van der Waals surface area contributed by atoms with Crippen LogP contribution in [-0.2, 0) is 13.8 Å². The van der Waals surface area contributed by atoms with E-state index in [-0.39, 0.29) is 22.1 Å². The summed E-state index contributed by atoms with van der Waals surface area (Å²) in [7, 11) is 1.23. The third-order valence-electron chi connectivity index (χ3n) is 2.95. The van der Waals surface area contributed by atoms with E-state index in [4.69, 9.17) is 25.3 Å². The summed E-state index contributed by atoms with van der Waals surface area (Å²) in [5.41, 5.74) is -0.166. The second kappa shape index (κ2) is 5.99. The molecule has 20 heavy (non-hydrogen) atoms. The zero-order valence-electron chi connectivity index (χ0n) is 10.4. The second-order valence-electron chi connectivity index (χ2n) is 4.45. The summed E-state index contributed by atoms with van der Waals surface area (Å²) >= 11 is 0. The zero-order chi connectivity index (χ0) is 14.8. The Kier molecular flexibility index (Phi) is 4.52. The Morgan fingerprint density at radius 2 is 2.25 bits per heavy atom. The number of ether oxygens (including phenoxy) is 2. The molecule has 1 N–H and O–H groups in total. The Hall–Kier alpha value is -1.31. The Morgan fingerprint density at radius 3 is 2.80 bits per heavy atom. The molecule has 6 nitrogen and oxygen atoms in total. The fraction of sp³-hybridized carbons (Fsp3) is 0.417. The molecule has 1 unspecified atom stereocenters. The predicted octanol–water partition coefficient (Wildman–Crippen LogP) is 1.73. The van der Waals surface area contributed by atoms with Crippen LogP contribution in [0.15, 0.2) is 23.1 Å². The van der Waals surface area contributed by atoms with Gasteiger partial charge in [0.15, 0.2) is 0 Å². The molecule has 110 valence electrons. The van der Waals surface area contributed by atoms with Gasteiger partial charge in [0.05, 0.1) is 18.8 Å². The molecule has 1 aliphatic rings. The van der Waals surface area contributed by atoms with Crippen LogP contribution in [0.1, 0.15) is 16.8 Å². The molecule has 0 saturated carbocycles. The Bertz CT molecular complexity index is 606. The molecule has 1 fully saturated rings. The van der Waals surface area contributed by atoms with Gasteiger partial charge >= 0.3 is 5.97 Å². The monoisotopic (exact) mass is 320 g/mol. The van der Waals surface area contributed by atoms with Gasteiger partial charge in [-0.3, -0.25) is 0 Å². The van der Waals surface area contributed by atoms with Crippen molar-refractivity contribution in [2.75, 3.05) is 19.8 Å². The highest BCUT2D eigenvalue weighted by Crippen LogP contribution is 2.29. The largest absolute Gasteiger partial charge is 0.492 e. The third-order valence-corrected chi connectivity index (χ3v) is 4.29. The Balaban J connectivity index is 2.24. The maximum Gasteiger partial charge on any atom is 0.335 e. The Labute approximate surface area is 120 Å². The summed E-state index contributed by atoms with van der Waals surface area (Å²) in [4.78, 5) is 10.5. The van der Waals surface area contributed by atoms with Crippen molar-refractivity contribution in [3.63, 3.8) is 0 Å². The maximum absolute atomic E-state index is 11.5. The van der Waals surface area contributed by atoms with E-state index >= 15 is 0 Å². The molecule has 0 radical (unpaired) electrons. The lowest BCUT2D eigenvalue weighted by Gasteiger charge is -2.13. The fourth-order valence-corrected chi connectivity index (χ4v) is 2.87. The highest BCUT2D eigenvalue weighted by Gasteiger charge is 2.22. The minimum absolute atomic E-state index is 0.0527. The first-order valence-corrected chi connectivity index (χ1v) is 8.21. The normalized spacial score (nSPS) is 18.9. The smallest absolute Gasteiger partial charge is 0.335 e. The molecule has 1 aromatic rings. The van der Waals surface area contributed by atoms with Crippen LogP contribution in [0.5, 0.6) is 5.75 Å². The van der Waals surface area contributed by atoms with Crippen molar-refractivity contribution in [1.29, 1.82) is 0 Å². The van der Waals surface area contributed by atoms with Crippen LogP contribution in [0.25, 0.3) is 0 Å². The van der Waals surface area contributed by atoms with Gasteiger partial charge in [-0.1, -0.05) is 0 Å². The first kappa shape index (κ1) is 15.1. The molecule has 1 heterocycles. The molecule has 1 aliphatic heterocycles. The van der Waals surface area contributed by atoms with Gasteiger partial charge in [-0.25, -0.2) is 13.2 Å². The number of benzene rings is 1. The van der Waals surface area contributed by atoms with Gasteiger partial charge in [-0.2, -0.15) is 0 Å².